The Hall–Kier alpha value is -2.27. The second-order valence-electron chi connectivity index (χ2n) is 17.5. The SMILES string of the molecule is CCCCCCCCNS(=O)(=O)CC1=CC(C)(C)[N+](CC)=c2cc3c(cc21)=C(C1C(Cl)C(Cl)C(Cl)C(Cl)C1C(=O)OCC)c1cc2c(cc1O3)N(CC)C(C)(C)C=C2C. The number of esters is 1. The van der Waals surface area contributed by atoms with Gasteiger partial charge in [-0.1, -0.05) is 45.1 Å². The Morgan fingerprint density at radius 3 is 2.19 bits per heavy atom. The lowest BCUT2D eigenvalue weighted by Crippen LogP contribution is -2.54. The van der Waals surface area contributed by atoms with Gasteiger partial charge in [-0.25, -0.2) is 17.7 Å². The minimum atomic E-state index is -3.71. The summed E-state index contributed by atoms with van der Waals surface area (Å²) in [4.78, 5) is 16.4. The monoisotopic (exact) mass is 908 g/mol. The van der Waals surface area contributed by atoms with Crippen LogP contribution >= 0.6 is 46.4 Å². The first-order chi connectivity index (χ1) is 27.8. The van der Waals surface area contributed by atoms with E-state index >= 15 is 0 Å². The predicted molar refractivity (Wildman–Crippen MR) is 247 cm³/mol. The molecule has 0 saturated heterocycles. The zero-order valence-electron chi connectivity index (χ0n) is 36.1. The molecule has 0 bridgehead atoms. The molecule has 1 N–H and O–H groups in total. The van der Waals surface area contributed by atoms with Crippen molar-refractivity contribution in [3.63, 3.8) is 0 Å². The number of nitrogens with one attached hydrogen (secondary N) is 1. The summed E-state index contributed by atoms with van der Waals surface area (Å²) in [5.41, 5.74) is 5.36. The van der Waals surface area contributed by atoms with Crippen molar-refractivity contribution in [3.05, 3.63) is 63.7 Å². The van der Waals surface area contributed by atoms with Crippen LogP contribution in [-0.4, -0.2) is 79.0 Å². The normalized spacial score (nSPS) is 25.5. The van der Waals surface area contributed by atoms with E-state index in [0.29, 0.717) is 35.4 Å². The number of fused-ring (bicyclic) bond motifs is 4. The number of carbonyl (C=O) groups excluding carboxylic acids is 1. The third-order valence-electron chi connectivity index (χ3n) is 12.5. The lowest BCUT2D eigenvalue weighted by atomic mass is 9.70. The zero-order valence-corrected chi connectivity index (χ0v) is 39.9. The van der Waals surface area contributed by atoms with Gasteiger partial charge in [0, 0.05) is 61.0 Å². The summed E-state index contributed by atoms with van der Waals surface area (Å²) in [5.74, 6) is -1.23. The summed E-state index contributed by atoms with van der Waals surface area (Å²) in [6.45, 7) is 20.9. The summed E-state index contributed by atoms with van der Waals surface area (Å²) in [6, 6.07) is 8.26. The van der Waals surface area contributed by atoms with E-state index in [1.807, 2.05) is 12.1 Å². The molecule has 1 saturated carbocycles. The summed E-state index contributed by atoms with van der Waals surface area (Å²) in [6.07, 6.45) is 10.7. The Morgan fingerprint density at radius 2 is 1.53 bits per heavy atom. The van der Waals surface area contributed by atoms with E-state index in [-0.39, 0.29) is 17.9 Å². The topological polar surface area (TPSA) is 88.0 Å². The van der Waals surface area contributed by atoms with E-state index in [0.717, 1.165) is 71.1 Å². The minimum Gasteiger partial charge on any atom is -0.466 e. The Balaban J connectivity index is 1.61. The number of unbranched alkanes of at least 4 members (excludes halogenated alkanes) is 5. The molecule has 59 heavy (non-hydrogen) atoms. The molecular formula is C46H62Cl4N3O5S+. The molecule has 1 aliphatic carbocycles. The fourth-order valence-corrected chi connectivity index (χ4v) is 12.8. The summed E-state index contributed by atoms with van der Waals surface area (Å²) >= 11 is 28.5. The molecular weight excluding hydrogens is 848 g/mol. The first-order valence-electron chi connectivity index (χ1n) is 21.4. The van der Waals surface area contributed by atoms with Crippen molar-refractivity contribution >= 4 is 84.8 Å². The van der Waals surface area contributed by atoms with Crippen molar-refractivity contribution in [1.82, 2.24) is 9.30 Å². The smallest absolute Gasteiger partial charge is 0.311 e. The van der Waals surface area contributed by atoms with Gasteiger partial charge >= 0.3 is 5.97 Å². The molecule has 6 rings (SSSR count). The molecule has 0 radical (unpaired) electrons. The Labute approximate surface area is 372 Å². The molecule has 4 aliphatic rings. The maximum absolute atomic E-state index is 14.1. The molecule has 0 aromatic heterocycles. The number of anilines is 1. The van der Waals surface area contributed by atoms with Crippen LogP contribution in [0, 0.1) is 11.8 Å². The Kier molecular flexibility index (Phi) is 14.3. The van der Waals surface area contributed by atoms with Gasteiger partial charge in [-0.15, -0.1) is 46.4 Å². The number of carbonyl (C=O) groups is 1. The Bertz CT molecular complexity index is 2260. The highest BCUT2D eigenvalue weighted by Crippen LogP contribution is 2.52. The fourth-order valence-electron chi connectivity index (χ4n) is 9.92. The van der Waals surface area contributed by atoms with Crippen molar-refractivity contribution in [2.75, 3.05) is 36.9 Å². The average molecular weight is 911 g/mol. The van der Waals surface area contributed by atoms with Crippen LogP contribution in [-0.2, 0) is 19.6 Å². The largest absolute Gasteiger partial charge is 0.466 e. The van der Waals surface area contributed by atoms with Crippen LogP contribution in [0.4, 0.5) is 5.69 Å². The van der Waals surface area contributed by atoms with Crippen molar-refractivity contribution in [2.24, 2.45) is 11.8 Å². The van der Waals surface area contributed by atoms with Gasteiger partial charge in [0.25, 0.3) is 0 Å². The van der Waals surface area contributed by atoms with Crippen molar-refractivity contribution in [1.29, 1.82) is 0 Å². The van der Waals surface area contributed by atoms with Crippen LogP contribution in [0.15, 0.2) is 36.4 Å². The van der Waals surface area contributed by atoms with Crippen LogP contribution in [0.5, 0.6) is 11.5 Å². The molecule has 0 spiro atoms. The summed E-state index contributed by atoms with van der Waals surface area (Å²) in [5, 5.41) is -1.79. The average Bonchev–Trinajstić information content (AvgIpc) is 3.15. The van der Waals surface area contributed by atoms with Gasteiger partial charge < -0.3 is 14.4 Å². The summed E-state index contributed by atoms with van der Waals surface area (Å²) < 4.78 is 45.5. The van der Waals surface area contributed by atoms with Gasteiger partial charge in [-0.2, -0.15) is 0 Å². The van der Waals surface area contributed by atoms with Crippen LogP contribution in [0.25, 0.3) is 16.7 Å². The highest BCUT2D eigenvalue weighted by molar-refractivity contribution is 7.89. The van der Waals surface area contributed by atoms with E-state index in [1.165, 1.54) is 12.8 Å². The van der Waals surface area contributed by atoms with E-state index in [1.54, 1.807) is 6.92 Å². The predicted octanol–water partition coefficient (Wildman–Crippen LogP) is 9.22. The molecule has 0 amide bonds. The van der Waals surface area contributed by atoms with E-state index in [4.69, 9.17) is 55.9 Å². The van der Waals surface area contributed by atoms with Crippen molar-refractivity contribution in [3.8, 4) is 11.5 Å². The number of hydrogen-bond donors (Lipinski definition) is 1. The Morgan fingerprint density at radius 1 is 0.847 bits per heavy atom. The van der Waals surface area contributed by atoms with Crippen LogP contribution < -0.4 is 29.5 Å². The van der Waals surface area contributed by atoms with E-state index in [9.17, 15) is 13.2 Å². The first-order valence-corrected chi connectivity index (χ1v) is 24.8. The lowest BCUT2D eigenvalue weighted by Gasteiger charge is -2.45. The highest BCUT2D eigenvalue weighted by Gasteiger charge is 2.54. The number of rotatable bonds is 15. The molecule has 6 unspecified atom stereocenters. The number of alkyl halides is 4. The second kappa shape index (κ2) is 18.2. The number of nitrogens with zero attached hydrogens (tertiary/aromatic N) is 2. The highest BCUT2D eigenvalue weighted by atomic mass is 35.5. The second-order valence-corrected chi connectivity index (χ2v) is 21.4. The van der Waals surface area contributed by atoms with Gasteiger partial charge in [0.2, 0.25) is 15.4 Å². The van der Waals surface area contributed by atoms with Gasteiger partial charge in [-0.05, 0) is 82.9 Å². The lowest BCUT2D eigenvalue weighted by molar-refractivity contribution is -0.149. The molecule has 3 heterocycles. The maximum Gasteiger partial charge on any atom is 0.311 e. The number of sulfonamides is 1. The standard InChI is InChI=1S/C46H62Cl4N3O5S/c1-10-14-15-16-17-18-19-51-59(55,56)26-28-25-46(8,9)53(12-3)34-23-36-32(21-30(28)34)37(38-39(44(54)57-13-4)41(48)43(50)42(49)40(38)47)31-20-29-27(5)24-45(6,7)52(11-2)33(29)22-35(31)58-36/h20-25,38-43,51H,10-19,26H2,1-9H3/q+1. The number of ether oxygens (including phenoxy) is 2. The number of allylic oxidation sites excluding steroid dienone is 1. The first kappa shape index (κ1) is 46.2. The van der Waals surface area contributed by atoms with Gasteiger partial charge in [-0.3, -0.25) is 4.79 Å². The molecule has 3 aliphatic heterocycles. The van der Waals surface area contributed by atoms with Crippen LogP contribution in [0.1, 0.15) is 118 Å². The molecule has 13 heteroatoms. The zero-order chi connectivity index (χ0) is 43.2. The molecule has 6 atom stereocenters. The molecule has 2 aromatic carbocycles. The maximum atomic E-state index is 14.1. The van der Waals surface area contributed by atoms with E-state index in [2.05, 4.69) is 93.9 Å². The van der Waals surface area contributed by atoms with E-state index < -0.39 is 54.9 Å². The van der Waals surface area contributed by atoms with Gasteiger partial charge in [0.1, 0.15) is 18.0 Å². The van der Waals surface area contributed by atoms with Crippen LogP contribution in [0.2, 0.25) is 0 Å². The molecule has 324 valence electrons. The number of hydrogen-bond acceptors (Lipinski definition) is 6. The molecule has 1 fully saturated rings. The molecule has 8 nitrogen and oxygen atoms in total. The fraction of sp³-hybridized carbons (Fsp3) is 0.609. The number of benzene rings is 2. The molecule has 2 aromatic rings. The van der Waals surface area contributed by atoms with Gasteiger partial charge in [0.15, 0.2) is 5.54 Å². The van der Waals surface area contributed by atoms with Gasteiger partial charge in [0.05, 0.1) is 57.0 Å². The van der Waals surface area contributed by atoms with Crippen molar-refractivity contribution < 1.29 is 22.7 Å². The summed E-state index contributed by atoms with van der Waals surface area (Å²) in [7, 11) is -3.71. The third kappa shape index (κ3) is 9.00. The quantitative estimate of drug-likeness (QED) is 0.0831. The number of halogens is 4. The minimum absolute atomic E-state index is 0.146. The number of likely N-dealkylation sites (N-methyl/N-ethyl adjacent to an activating group) is 2. The van der Waals surface area contributed by atoms with Crippen LogP contribution in [0.3, 0.4) is 0 Å². The van der Waals surface area contributed by atoms with Crippen molar-refractivity contribution in [2.45, 2.75) is 133 Å². The third-order valence-corrected chi connectivity index (χ3v) is 16.4.